The molecule has 0 aromatic heterocycles. The average molecular weight is 469 g/mol. The molecule has 0 saturated heterocycles. The molecule has 7 nitrogen and oxygen atoms in total. The number of sulfonamides is 2. The van der Waals surface area contributed by atoms with Crippen molar-refractivity contribution in [1.82, 2.24) is 4.31 Å². The van der Waals surface area contributed by atoms with E-state index in [4.69, 9.17) is 4.74 Å². The molecule has 0 unspecified atom stereocenters. The van der Waals surface area contributed by atoms with Gasteiger partial charge in [-0.2, -0.15) is 4.31 Å². The van der Waals surface area contributed by atoms with E-state index in [0.717, 1.165) is 12.0 Å². The lowest BCUT2D eigenvalue weighted by molar-refractivity contribution is 0.416. The van der Waals surface area contributed by atoms with E-state index in [9.17, 15) is 16.8 Å². The highest BCUT2D eigenvalue weighted by Gasteiger charge is 2.25. The molecule has 2 aromatic rings. The predicted octanol–water partition coefficient (Wildman–Crippen LogP) is 4.21. The van der Waals surface area contributed by atoms with Crippen molar-refractivity contribution in [3.8, 4) is 5.75 Å². The van der Waals surface area contributed by atoms with Gasteiger partial charge in [0.25, 0.3) is 10.0 Å². The Morgan fingerprint density at radius 1 is 0.903 bits per heavy atom. The van der Waals surface area contributed by atoms with Gasteiger partial charge < -0.3 is 4.74 Å². The highest BCUT2D eigenvalue weighted by atomic mass is 32.2. The zero-order valence-corrected chi connectivity index (χ0v) is 20.6. The molecule has 0 aliphatic rings. The minimum atomic E-state index is -3.95. The maximum absolute atomic E-state index is 13.0. The quantitative estimate of drug-likeness (QED) is 0.564. The fraction of sp³-hybridized carbons (Fsp3) is 0.455. The Balaban J connectivity index is 2.44. The molecule has 1 N–H and O–H groups in total. The molecule has 2 rings (SSSR count). The minimum absolute atomic E-state index is 0.00487. The molecule has 0 radical (unpaired) electrons. The number of methoxy groups -OCH3 is 1. The third-order valence-corrected chi connectivity index (χ3v) is 9.02. The van der Waals surface area contributed by atoms with E-state index in [1.807, 2.05) is 0 Å². The summed E-state index contributed by atoms with van der Waals surface area (Å²) in [6, 6.07) is 10.9. The fourth-order valence-electron chi connectivity index (χ4n) is 3.13. The van der Waals surface area contributed by atoms with Gasteiger partial charge in [0.1, 0.15) is 5.75 Å². The number of hydrogen-bond acceptors (Lipinski definition) is 5. The highest BCUT2D eigenvalue weighted by Crippen LogP contribution is 2.32. The van der Waals surface area contributed by atoms with E-state index >= 15 is 0 Å². The topological polar surface area (TPSA) is 92.8 Å². The van der Waals surface area contributed by atoms with Gasteiger partial charge in [-0.3, -0.25) is 4.72 Å². The van der Waals surface area contributed by atoms with Crippen LogP contribution >= 0.6 is 0 Å². The molecule has 172 valence electrons. The zero-order valence-electron chi connectivity index (χ0n) is 19.0. The van der Waals surface area contributed by atoms with E-state index in [-0.39, 0.29) is 26.6 Å². The number of nitrogens with one attached hydrogen (secondary N) is 1. The number of hydrogen-bond donors (Lipinski definition) is 1. The summed E-state index contributed by atoms with van der Waals surface area (Å²) in [5, 5.41) is 0. The molecule has 0 amide bonds. The second-order valence-corrected chi connectivity index (χ2v) is 11.4. The molecule has 2 aromatic carbocycles. The summed E-state index contributed by atoms with van der Waals surface area (Å²) in [6.07, 6.45) is 0.919. The van der Waals surface area contributed by atoms with E-state index < -0.39 is 20.0 Å². The lowest BCUT2D eigenvalue weighted by atomic mass is 9.82. The Kier molecular flexibility index (Phi) is 7.78. The largest absolute Gasteiger partial charge is 0.495 e. The fourth-order valence-corrected chi connectivity index (χ4v) is 5.68. The number of rotatable bonds is 10. The van der Waals surface area contributed by atoms with Crippen molar-refractivity contribution in [2.45, 2.75) is 56.2 Å². The van der Waals surface area contributed by atoms with Crippen LogP contribution in [0.3, 0.4) is 0 Å². The molecule has 0 spiro atoms. The standard InChI is InChI=1S/C22H32N2O5S2/c1-7-22(4,5)17-10-12-18(13-11-17)30(25,26)23-20-16-19(14-15-21(20)29-6)31(27,28)24(8-2)9-3/h10-16,23H,7-9H2,1-6H3. The van der Waals surface area contributed by atoms with Gasteiger partial charge in [-0.05, 0) is 47.7 Å². The summed E-state index contributed by atoms with van der Waals surface area (Å²) in [4.78, 5) is 0.0805. The first-order valence-corrected chi connectivity index (χ1v) is 13.2. The van der Waals surface area contributed by atoms with Crippen LogP contribution in [0.4, 0.5) is 5.69 Å². The Labute approximate surface area is 186 Å². The van der Waals surface area contributed by atoms with Gasteiger partial charge in [0.05, 0.1) is 22.6 Å². The maximum atomic E-state index is 13.0. The van der Waals surface area contributed by atoms with E-state index in [1.165, 1.54) is 29.6 Å². The molecule has 0 heterocycles. The number of benzene rings is 2. The Bertz CT molecular complexity index is 1110. The second-order valence-electron chi connectivity index (χ2n) is 7.82. The van der Waals surface area contributed by atoms with E-state index in [0.29, 0.717) is 13.1 Å². The van der Waals surface area contributed by atoms with Crippen LogP contribution in [-0.2, 0) is 25.5 Å². The van der Waals surface area contributed by atoms with Crippen LogP contribution in [0.15, 0.2) is 52.3 Å². The van der Waals surface area contributed by atoms with Crippen molar-refractivity contribution >= 4 is 25.7 Å². The van der Waals surface area contributed by atoms with Crippen LogP contribution in [0.1, 0.15) is 46.6 Å². The highest BCUT2D eigenvalue weighted by molar-refractivity contribution is 7.92. The predicted molar refractivity (Wildman–Crippen MR) is 124 cm³/mol. The van der Waals surface area contributed by atoms with Crippen LogP contribution < -0.4 is 9.46 Å². The van der Waals surface area contributed by atoms with Crippen molar-refractivity contribution in [2.24, 2.45) is 0 Å². The van der Waals surface area contributed by atoms with Crippen LogP contribution in [0.2, 0.25) is 0 Å². The Morgan fingerprint density at radius 3 is 1.94 bits per heavy atom. The Hall–Kier alpha value is -2.10. The first kappa shape index (κ1) is 25.2. The molecule has 0 saturated carbocycles. The summed E-state index contributed by atoms with van der Waals surface area (Å²) in [5.74, 6) is 0.228. The summed E-state index contributed by atoms with van der Waals surface area (Å²) < 4.78 is 60.7. The lowest BCUT2D eigenvalue weighted by Gasteiger charge is -2.23. The van der Waals surface area contributed by atoms with Gasteiger partial charge in [0.15, 0.2) is 0 Å². The van der Waals surface area contributed by atoms with Crippen molar-refractivity contribution < 1.29 is 21.6 Å². The zero-order chi connectivity index (χ0) is 23.4. The van der Waals surface area contributed by atoms with Gasteiger partial charge in [-0.25, -0.2) is 16.8 Å². The third kappa shape index (κ3) is 5.39. The van der Waals surface area contributed by atoms with Crippen molar-refractivity contribution in [3.63, 3.8) is 0 Å². The van der Waals surface area contributed by atoms with Crippen molar-refractivity contribution in [3.05, 3.63) is 48.0 Å². The van der Waals surface area contributed by atoms with E-state index in [2.05, 4.69) is 25.5 Å². The molecule has 0 aliphatic heterocycles. The van der Waals surface area contributed by atoms with E-state index in [1.54, 1.807) is 38.1 Å². The summed E-state index contributed by atoms with van der Waals surface area (Å²) in [5.41, 5.74) is 1.04. The summed E-state index contributed by atoms with van der Waals surface area (Å²) >= 11 is 0. The monoisotopic (exact) mass is 468 g/mol. The molecule has 31 heavy (non-hydrogen) atoms. The van der Waals surface area contributed by atoms with Gasteiger partial charge in [0, 0.05) is 13.1 Å². The number of nitrogens with zero attached hydrogens (tertiary/aromatic N) is 1. The van der Waals surface area contributed by atoms with Crippen LogP contribution in [-0.4, -0.2) is 41.3 Å². The van der Waals surface area contributed by atoms with Gasteiger partial charge in [0.2, 0.25) is 10.0 Å². The molecule has 0 atom stereocenters. The molecule has 0 fully saturated rings. The molecule has 0 aliphatic carbocycles. The molecule has 0 bridgehead atoms. The van der Waals surface area contributed by atoms with Gasteiger partial charge in [-0.15, -0.1) is 0 Å². The second kappa shape index (κ2) is 9.58. The normalized spacial score (nSPS) is 12.7. The maximum Gasteiger partial charge on any atom is 0.262 e. The number of ether oxygens (including phenoxy) is 1. The van der Waals surface area contributed by atoms with Gasteiger partial charge >= 0.3 is 0 Å². The summed E-state index contributed by atoms with van der Waals surface area (Å²) in [7, 11) is -6.30. The third-order valence-electron chi connectivity index (χ3n) is 5.59. The smallest absolute Gasteiger partial charge is 0.262 e. The average Bonchev–Trinajstić information content (AvgIpc) is 2.74. The lowest BCUT2D eigenvalue weighted by Crippen LogP contribution is -2.30. The van der Waals surface area contributed by atoms with Crippen LogP contribution in [0, 0.1) is 0 Å². The minimum Gasteiger partial charge on any atom is -0.495 e. The van der Waals surface area contributed by atoms with Crippen molar-refractivity contribution in [1.29, 1.82) is 0 Å². The van der Waals surface area contributed by atoms with Gasteiger partial charge in [-0.1, -0.05) is 46.8 Å². The summed E-state index contributed by atoms with van der Waals surface area (Å²) in [6.45, 7) is 10.4. The SMILES string of the molecule is CCN(CC)S(=O)(=O)c1ccc(OC)c(NS(=O)(=O)c2ccc(C(C)(C)CC)cc2)c1. The first-order chi connectivity index (χ1) is 14.4. The molecular weight excluding hydrogens is 436 g/mol. The first-order valence-electron chi connectivity index (χ1n) is 10.2. The number of anilines is 1. The Morgan fingerprint density at radius 2 is 1.45 bits per heavy atom. The molecular formula is C22H32N2O5S2. The molecule has 9 heteroatoms. The van der Waals surface area contributed by atoms with Crippen LogP contribution in [0.25, 0.3) is 0 Å². The van der Waals surface area contributed by atoms with Crippen molar-refractivity contribution in [2.75, 3.05) is 24.9 Å². The van der Waals surface area contributed by atoms with Crippen LogP contribution in [0.5, 0.6) is 5.75 Å².